The first-order chi connectivity index (χ1) is 9.92. The van der Waals surface area contributed by atoms with Crippen LogP contribution in [-0.4, -0.2) is 0 Å². The molecule has 4 rings (SSSR count). The summed E-state index contributed by atoms with van der Waals surface area (Å²) in [5, 5.41) is 4.92. The molecule has 0 fully saturated rings. The third-order valence-corrected chi connectivity index (χ3v) is 3.67. The van der Waals surface area contributed by atoms with Gasteiger partial charge in [-0.3, -0.25) is 0 Å². The van der Waals surface area contributed by atoms with Crippen LogP contribution in [0, 0.1) is 12.1 Å². The number of hydrogen-bond donors (Lipinski definition) is 0. The third-order valence-electron chi connectivity index (χ3n) is 3.67. The quantitative estimate of drug-likeness (QED) is 0.231. The molecule has 0 unspecified atom stereocenters. The van der Waals surface area contributed by atoms with Gasteiger partial charge in [0.05, 0.1) is 0 Å². The number of benzene rings is 4. The molecule has 31 radical (unpaired) electrons. The monoisotopic (exact) mass is 3010 g/mol. The Morgan fingerprint density at radius 3 is 0.922 bits per heavy atom. The van der Waals surface area contributed by atoms with Crippen LogP contribution in [0.2, 0.25) is 0 Å². The first-order valence-electron chi connectivity index (χ1n) is 6.72. The fourth-order valence-corrected chi connectivity index (χ4v) is 2.66. The van der Waals surface area contributed by atoms with Gasteiger partial charge < -0.3 is 0 Å². The molecule has 31 heteroatoms. The third kappa shape index (κ3) is 88.1. The van der Waals surface area contributed by atoms with Gasteiger partial charge in [0.1, 0.15) is 0 Å². The largest absolute Gasteiger partial charge is 0.225 e. The van der Waals surface area contributed by atoms with Gasteiger partial charge in [-0.05, 0) is 0 Å². The Morgan fingerprint density at radius 2 is 0.569 bits per heavy atom. The van der Waals surface area contributed by atoms with Crippen LogP contribution >= 0.6 is 0 Å². The van der Waals surface area contributed by atoms with Crippen molar-refractivity contribution in [2.45, 2.75) is 0 Å². The molecule has 0 N–H and O–H groups in total. The van der Waals surface area contributed by atoms with Crippen LogP contribution in [0.5, 0.6) is 0 Å². The molecule has 0 aliphatic heterocycles. The zero-order valence-electron chi connectivity index (χ0n) is 28.8. The zero-order valence-corrected chi connectivity index (χ0v) is 117. The van der Waals surface area contributed by atoms with Crippen molar-refractivity contribution in [3.63, 3.8) is 0 Å². The molecule has 51 heavy (non-hydrogen) atoms. The zero-order chi connectivity index (χ0) is 13.4. The molecule has 0 aromatic heterocycles. The summed E-state index contributed by atoms with van der Waals surface area (Å²) in [5.74, 6) is 0. The van der Waals surface area contributed by atoms with E-state index in [1.165, 1.54) is 21.5 Å². The van der Waals surface area contributed by atoms with Crippen molar-refractivity contribution < 1.29 is 1010 Å². The maximum Gasteiger partial charge on any atom is 0 e. The Hall–Kier alpha value is 31.6. The minimum absolute atomic E-state index is 0. The Bertz CT molecular complexity index is 947. The summed E-state index contributed by atoms with van der Waals surface area (Å²) in [7, 11) is 0. The minimum Gasteiger partial charge on any atom is -0.225 e. The van der Waals surface area contributed by atoms with Crippen LogP contribution in [0.4, 0.5) is 0 Å². The van der Waals surface area contributed by atoms with Gasteiger partial charge in [0.15, 0.2) is 0 Å². The van der Waals surface area contributed by atoms with Crippen molar-refractivity contribution in [2.75, 3.05) is 0 Å². The van der Waals surface area contributed by atoms with E-state index in [2.05, 4.69) is 78.9 Å². The van der Waals surface area contributed by atoms with Gasteiger partial charge in [-0.1, -0.05) is 42.5 Å². The summed E-state index contributed by atoms with van der Waals surface area (Å²) in [5.41, 5.74) is 2.22. The summed E-state index contributed by atoms with van der Waals surface area (Å²) in [6.07, 6.45) is 0. The van der Waals surface area contributed by atoms with E-state index < -0.39 is 0 Å². The van der Waals surface area contributed by atoms with Crippen LogP contribution in [0.1, 0.15) is 0 Å². The molecule has 4 aromatic rings. The summed E-state index contributed by atoms with van der Waals surface area (Å²) in [6.45, 7) is 0. The van der Waals surface area contributed by atoms with Crippen molar-refractivity contribution >= 4 is 21.5 Å². The number of rotatable bonds is 1. The van der Waals surface area contributed by atoms with Crippen LogP contribution in [0.3, 0.4) is 0 Å². The van der Waals surface area contributed by atoms with Crippen molar-refractivity contribution in [2.24, 2.45) is 0 Å². The molecule has 187 valence electrons. The molecule has 0 aliphatic carbocycles. The Kier molecular flexibility index (Phi) is 474. The van der Waals surface area contributed by atoms with E-state index in [1.54, 1.807) is 0 Å². The van der Waals surface area contributed by atoms with Crippen molar-refractivity contribution in [3.8, 4) is 11.1 Å². The molecule has 0 aliphatic rings. The van der Waals surface area contributed by atoms with Gasteiger partial charge in [-0.2, -0.15) is 24.3 Å². The molecule has 0 atom stereocenters. The first kappa shape index (κ1) is 184. The molecule has 0 spiro atoms. The molecule has 0 saturated heterocycles. The SMILES string of the molecule is [Y].[Y].[Y].[Y].[Y].[Y].[Y].[Y].[Y].[Y].[Y].[Y].[Y].[Y].[Y].[Y].[Y].[Y].[Y].[Y].[Y].[Y].[Y].[Y].[Y].[Y].[Y].[Y].[Y].[Y].[Y].[c-]1cc2ccccc2cc1-c1[c-]ccc2ccccc12. The standard InChI is InChI=1S/C20H12.31Y/c1-2-8-17-14-18(13-12-15(17)6-1)20-11-5-9-16-7-3-4-10-19(16)20;;;;;;;;;;;;;;;;;;;;;;;;;;;;;;;/h1-10,12,14H;;;;;;;;;;;;;;;;;;;;;;;;;;;;;;;/q-2;;;;;;;;;;;;;;;;;;;;;;;;;;;;;;;. The van der Waals surface area contributed by atoms with Gasteiger partial charge in [-0.25, -0.2) is 11.1 Å². The van der Waals surface area contributed by atoms with Gasteiger partial charge in [0.25, 0.3) is 0 Å². The fourth-order valence-electron chi connectivity index (χ4n) is 2.66. The fraction of sp³-hybridized carbons (Fsp3) is 0. The van der Waals surface area contributed by atoms with E-state index in [4.69, 9.17) is 0 Å². The van der Waals surface area contributed by atoms with Crippen LogP contribution in [0.15, 0.2) is 72.8 Å². The number of fused-ring (bicyclic) bond motifs is 2. The van der Waals surface area contributed by atoms with E-state index >= 15 is 0 Å². The molecule has 0 heterocycles. The summed E-state index contributed by atoms with van der Waals surface area (Å²) >= 11 is 0. The van der Waals surface area contributed by atoms with Crippen molar-refractivity contribution in [1.82, 2.24) is 0 Å². The van der Waals surface area contributed by atoms with Crippen LogP contribution in [-0.2, 0) is 1010 Å². The average Bonchev–Trinajstić information content (AvgIpc) is 2.54. The summed E-state index contributed by atoms with van der Waals surface area (Å²) < 4.78 is 0. The molecule has 0 amide bonds. The molecule has 4 aromatic carbocycles. The van der Waals surface area contributed by atoms with Crippen LogP contribution in [0.25, 0.3) is 32.7 Å². The van der Waals surface area contributed by atoms with E-state index in [0.29, 0.717) is 0 Å². The Labute approximate surface area is 1090 Å². The topological polar surface area (TPSA) is 0 Å². The van der Waals surface area contributed by atoms with Gasteiger partial charge >= 0.3 is 0 Å². The maximum atomic E-state index is 3.39. The summed E-state index contributed by atoms with van der Waals surface area (Å²) in [4.78, 5) is 0. The second kappa shape index (κ2) is 131. The molecular weight excluding hydrogens is 3000 g/mol. The Balaban J connectivity index is -0.00000000656. The van der Waals surface area contributed by atoms with Gasteiger partial charge in [-0.15, -0.1) is 39.7 Å². The molecule has 0 nitrogen and oxygen atoms in total. The maximum absolute atomic E-state index is 3.39. The normalized spacial score (nSPS) is 4.31. The van der Waals surface area contributed by atoms with Gasteiger partial charge in [0, 0.05) is 1010 Å². The smallest absolute Gasteiger partial charge is 0 e. The second-order valence-corrected chi connectivity index (χ2v) is 4.92. The van der Waals surface area contributed by atoms with E-state index in [0.717, 1.165) is 11.1 Å². The second-order valence-electron chi connectivity index (χ2n) is 4.92. The van der Waals surface area contributed by atoms with E-state index in [-0.39, 0.29) is 1010 Å². The summed E-state index contributed by atoms with van der Waals surface area (Å²) in [6, 6.07) is 31.9. The predicted octanol–water partition coefficient (Wildman–Crippen LogP) is 5.18. The minimum atomic E-state index is 0. The first-order valence-corrected chi connectivity index (χ1v) is 6.72. The Morgan fingerprint density at radius 1 is 0.275 bits per heavy atom. The van der Waals surface area contributed by atoms with Crippen molar-refractivity contribution in [1.29, 1.82) is 0 Å². The molecule has 0 saturated carbocycles. The molecular formula is C20H12Y31-2. The van der Waals surface area contributed by atoms with Gasteiger partial charge in [0.2, 0.25) is 0 Å². The molecule has 0 bridgehead atoms. The van der Waals surface area contributed by atoms with E-state index in [9.17, 15) is 0 Å². The van der Waals surface area contributed by atoms with Crippen LogP contribution < -0.4 is 0 Å². The number of hydrogen-bond acceptors (Lipinski definition) is 0. The average molecular weight is 3010 g/mol. The van der Waals surface area contributed by atoms with E-state index in [1.807, 2.05) is 6.07 Å². The predicted molar refractivity (Wildman–Crippen MR) is 84.6 cm³/mol. The van der Waals surface area contributed by atoms with Crippen molar-refractivity contribution in [3.05, 3.63) is 84.9 Å².